The van der Waals surface area contributed by atoms with Gasteiger partial charge in [0.2, 0.25) is 0 Å². The van der Waals surface area contributed by atoms with Gasteiger partial charge < -0.3 is 14.9 Å². The van der Waals surface area contributed by atoms with Crippen LogP contribution in [-0.4, -0.2) is 45.7 Å². The van der Waals surface area contributed by atoms with Crippen molar-refractivity contribution in [3.8, 4) is 0 Å². The third kappa shape index (κ3) is 2.73. The Morgan fingerprint density at radius 1 is 1.74 bits per heavy atom. The fourth-order valence-electron chi connectivity index (χ4n) is 1.87. The number of aliphatic hydroxyl groups is 2. The summed E-state index contributed by atoms with van der Waals surface area (Å²) in [5.74, 6) is -1.13. The van der Waals surface area contributed by atoms with Gasteiger partial charge in [0.1, 0.15) is 12.3 Å². The van der Waals surface area contributed by atoms with Crippen molar-refractivity contribution in [2.45, 2.75) is 24.9 Å². The Bertz CT molecular complexity index is 508. The number of hydrogen-bond donors (Lipinski definition) is 3. The Balaban J connectivity index is 2.27. The van der Waals surface area contributed by atoms with Gasteiger partial charge in [0.05, 0.1) is 26.0 Å². The maximum absolute atomic E-state index is 13.6. The number of nitrogens with zero attached hydrogens (tertiary/aromatic N) is 2. The molecule has 0 radical (unpaired) electrons. The van der Waals surface area contributed by atoms with Crippen molar-refractivity contribution in [1.82, 2.24) is 9.55 Å². The first-order chi connectivity index (χ1) is 9.06. The largest absolute Gasteiger partial charge is 0.394 e. The maximum Gasteiger partial charge on any atom is 0.351 e. The normalized spacial score (nSPS) is 26.6. The molecule has 19 heavy (non-hydrogen) atoms. The quantitative estimate of drug-likeness (QED) is 0.605. The molecule has 3 N–H and O–H groups in total. The fraction of sp³-hybridized carbons (Fsp3) is 0.600. The zero-order valence-corrected chi connectivity index (χ0v) is 10.1. The van der Waals surface area contributed by atoms with E-state index in [1.165, 1.54) is 7.11 Å². The van der Waals surface area contributed by atoms with Gasteiger partial charge in [-0.1, -0.05) is 0 Å². The van der Waals surface area contributed by atoms with E-state index >= 15 is 0 Å². The van der Waals surface area contributed by atoms with Crippen molar-refractivity contribution in [2.24, 2.45) is 0 Å². The van der Waals surface area contributed by atoms with E-state index in [4.69, 9.17) is 9.84 Å². The van der Waals surface area contributed by atoms with E-state index in [0.29, 0.717) is 0 Å². The molecule has 1 fully saturated rings. The van der Waals surface area contributed by atoms with Crippen molar-refractivity contribution < 1.29 is 24.2 Å². The minimum absolute atomic E-state index is 0.0727. The summed E-state index contributed by atoms with van der Waals surface area (Å²) < 4.78 is 19.8. The first kappa shape index (κ1) is 13.9. The summed E-state index contributed by atoms with van der Waals surface area (Å²) in [6, 6.07) is 0. The molecule has 1 aromatic rings. The van der Waals surface area contributed by atoms with Crippen LogP contribution >= 0.6 is 0 Å². The Morgan fingerprint density at radius 2 is 2.47 bits per heavy atom. The standard InChI is InChI=1S/C10H14FN3O5/c1-18-13-9-5(11)3-14(10(17)12-9)8-2-6(16)7(4-15)19-8/h3,6-8,15-16H,2,4H2,1H3,(H,12,13,17)/t6?,7-,8-/m1/s1. The van der Waals surface area contributed by atoms with E-state index in [1.54, 1.807) is 0 Å². The van der Waals surface area contributed by atoms with Crippen molar-refractivity contribution in [1.29, 1.82) is 0 Å². The van der Waals surface area contributed by atoms with Gasteiger partial charge in [-0.25, -0.2) is 14.7 Å². The Hall–Kier alpha value is -1.55. The van der Waals surface area contributed by atoms with Gasteiger partial charge in [-0.15, -0.1) is 0 Å². The van der Waals surface area contributed by atoms with E-state index in [0.717, 1.165) is 10.8 Å². The number of rotatable bonds is 4. The Morgan fingerprint density at radius 3 is 3.05 bits per heavy atom. The second kappa shape index (κ2) is 5.61. The highest BCUT2D eigenvalue weighted by Gasteiger charge is 2.35. The zero-order chi connectivity index (χ0) is 14.0. The predicted octanol–water partition coefficient (Wildman–Crippen LogP) is -1.00. The van der Waals surface area contributed by atoms with Gasteiger partial charge in [-0.3, -0.25) is 9.40 Å². The molecule has 1 aromatic heterocycles. The fourth-order valence-corrected chi connectivity index (χ4v) is 1.87. The molecule has 1 aliphatic rings. The van der Waals surface area contributed by atoms with E-state index in [2.05, 4.69) is 15.3 Å². The van der Waals surface area contributed by atoms with Crippen LogP contribution in [0.25, 0.3) is 0 Å². The third-order valence-corrected chi connectivity index (χ3v) is 2.80. The summed E-state index contributed by atoms with van der Waals surface area (Å²) in [7, 11) is 1.26. The van der Waals surface area contributed by atoms with Crippen molar-refractivity contribution in [3.05, 3.63) is 22.5 Å². The predicted molar refractivity (Wildman–Crippen MR) is 60.7 cm³/mol. The molecule has 2 rings (SSSR count). The molecule has 0 aliphatic carbocycles. The molecular weight excluding hydrogens is 261 g/mol. The molecule has 1 saturated heterocycles. The molecule has 0 aromatic carbocycles. The highest BCUT2D eigenvalue weighted by molar-refractivity contribution is 5.31. The molecule has 0 spiro atoms. The van der Waals surface area contributed by atoms with Gasteiger partial charge in [-0.05, 0) is 0 Å². The summed E-state index contributed by atoms with van der Waals surface area (Å²) in [5, 5.41) is 18.5. The molecule has 3 atom stereocenters. The molecular formula is C10H14FN3O5. The highest BCUT2D eigenvalue weighted by atomic mass is 19.1. The van der Waals surface area contributed by atoms with E-state index < -0.39 is 29.9 Å². The van der Waals surface area contributed by atoms with Crippen molar-refractivity contribution in [3.63, 3.8) is 0 Å². The van der Waals surface area contributed by atoms with Gasteiger partial charge in [0.15, 0.2) is 11.6 Å². The minimum Gasteiger partial charge on any atom is -0.394 e. The molecule has 8 nitrogen and oxygen atoms in total. The smallest absolute Gasteiger partial charge is 0.351 e. The topological polar surface area (TPSA) is 106 Å². The molecule has 1 unspecified atom stereocenters. The van der Waals surface area contributed by atoms with Crippen LogP contribution in [0.3, 0.4) is 0 Å². The molecule has 0 amide bonds. The number of hydrogen-bond acceptors (Lipinski definition) is 7. The summed E-state index contributed by atoms with van der Waals surface area (Å²) in [6.07, 6.45) is -1.59. The average Bonchev–Trinajstić information content (AvgIpc) is 2.75. The van der Waals surface area contributed by atoms with Crippen LogP contribution in [0.2, 0.25) is 0 Å². The first-order valence-corrected chi connectivity index (χ1v) is 5.59. The lowest BCUT2D eigenvalue weighted by atomic mass is 10.2. The summed E-state index contributed by atoms with van der Waals surface area (Å²) >= 11 is 0. The lowest BCUT2D eigenvalue weighted by Gasteiger charge is -2.15. The van der Waals surface area contributed by atoms with Gasteiger partial charge in [0, 0.05) is 6.42 Å². The van der Waals surface area contributed by atoms with Crippen LogP contribution < -0.4 is 11.2 Å². The van der Waals surface area contributed by atoms with Crippen molar-refractivity contribution in [2.75, 3.05) is 19.2 Å². The molecule has 106 valence electrons. The maximum atomic E-state index is 13.6. The monoisotopic (exact) mass is 275 g/mol. The molecule has 2 heterocycles. The van der Waals surface area contributed by atoms with Crippen LogP contribution in [0, 0.1) is 5.82 Å². The van der Waals surface area contributed by atoms with Crippen LogP contribution in [0.15, 0.2) is 11.0 Å². The Labute approximate surface area is 107 Å². The van der Waals surface area contributed by atoms with Crippen LogP contribution in [0.5, 0.6) is 0 Å². The van der Waals surface area contributed by atoms with Crippen LogP contribution in [0.4, 0.5) is 10.2 Å². The Kier molecular flexibility index (Phi) is 4.10. The molecule has 1 aliphatic heterocycles. The number of aromatic nitrogens is 2. The van der Waals surface area contributed by atoms with E-state index in [-0.39, 0.29) is 18.8 Å². The zero-order valence-electron chi connectivity index (χ0n) is 10.1. The van der Waals surface area contributed by atoms with Gasteiger partial charge in [-0.2, -0.15) is 4.98 Å². The number of ether oxygens (including phenoxy) is 1. The van der Waals surface area contributed by atoms with E-state index in [1.807, 2.05) is 0 Å². The summed E-state index contributed by atoms with van der Waals surface area (Å²) in [4.78, 5) is 19.7. The number of anilines is 1. The second-order valence-corrected chi connectivity index (χ2v) is 4.05. The average molecular weight is 275 g/mol. The number of aliphatic hydroxyl groups excluding tert-OH is 2. The summed E-state index contributed by atoms with van der Waals surface area (Å²) in [5.41, 5.74) is 1.38. The first-order valence-electron chi connectivity index (χ1n) is 5.59. The minimum atomic E-state index is -0.915. The third-order valence-electron chi connectivity index (χ3n) is 2.80. The molecule has 9 heteroatoms. The van der Waals surface area contributed by atoms with Crippen LogP contribution in [-0.2, 0) is 9.57 Å². The number of halogens is 1. The lowest BCUT2D eigenvalue weighted by Crippen LogP contribution is -2.29. The number of nitrogens with one attached hydrogen (secondary N) is 1. The summed E-state index contributed by atoms with van der Waals surface area (Å²) in [6.45, 7) is -0.383. The molecule has 0 bridgehead atoms. The lowest BCUT2D eigenvalue weighted by molar-refractivity contribution is -0.0461. The molecule has 0 saturated carbocycles. The SMILES string of the molecule is CONc1nc(=O)n([C@H]2CC(O)[C@@H](CO)O2)cc1F. The van der Waals surface area contributed by atoms with Crippen LogP contribution in [0.1, 0.15) is 12.6 Å². The van der Waals surface area contributed by atoms with E-state index in [9.17, 15) is 14.3 Å². The highest BCUT2D eigenvalue weighted by Crippen LogP contribution is 2.27. The van der Waals surface area contributed by atoms with Crippen molar-refractivity contribution >= 4 is 5.82 Å². The second-order valence-electron chi connectivity index (χ2n) is 4.05. The van der Waals surface area contributed by atoms with Gasteiger partial charge >= 0.3 is 5.69 Å². The van der Waals surface area contributed by atoms with Gasteiger partial charge in [0.25, 0.3) is 0 Å².